The number of hydrogen-bond donors (Lipinski definition) is 2. The van der Waals surface area contributed by atoms with Gasteiger partial charge in [-0.3, -0.25) is 9.78 Å². The van der Waals surface area contributed by atoms with E-state index < -0.39 is 28.8 Å². The summed E-state index contributed by atoms with van der Waals surface area (Å²) in [5.74, 6) is -2.45. The SMILES string of the molecule is O=c1[nH]c2c(c(=O)[nH]1)COCC2c1ccc(F)c(F)c1. The Labute approximate surface area is 111 Å². The summed E-state index contributed by atoms with van der Waals surface area (Å²) in [6.07, 6.45) is 0. The molecule has 2 aromatic rings. The standard InChI is InChI=1S/C13H10F2N2O3/c14-9-2-1-6(3-10(9)15)7-4-20-5-8-11(7)16-13(19)17-12(8)18/h1-3,7H,4-5H2,(H2,16,17,18,19). The highest BCUT2D eigenvalue weighted by atomic mass is 19.2. The Morgan fingerprint density at radius 3 is 2.70 bits per heavy atom. The lowest BCUT2D eigenvalue weighted by molar-refractivity contribution is 0.0961. The van der Waals surface area contributed by atoms with Crippen molar-refractivity contribution in [3.63, 3.8) is 0 Å². The molecule has 0 amide bonds. The minimum Gasteiger partial charge on any atom is -0.375 e. The van der Waals surface area contributed by atoms with Crippen molar-refractivity contribution >= 4 is 0 Å². The van der Waals surface area contributed by atoms with Gasteiger partial charge in [0.05, 0.1) is 18.8 Å². The zero-order chi connectivity index (χ0) is 14.3. The molecule has 104 valence electrons. The summed E-state index contributed by atoms with van der Waals surface area (Å²) in [5.41, 5.74) is -0.0491. The fourth-order valence-electron chi connectivity index (χ4n) is 2.32. The zero-order valence-corrected chi connectivity index (χ0v) is 10.2. The third-order valence-electron chi connectivity index (χ3n) is 3.30. The lowest BCUT2D eigenvalue weighted by atomic mass is 9.92. The molecule has 2 N–H and O–H groups in total. The molecule has 1 aromatic carbocycles. The molecule has 1 aromatic heterocycles. The van der Waals surface area contributed by atoms with Crippen molar-refractivity contribution in [1.29, 1.82) is 0 Å². The molecule has 1 atom stereocenters. The highest BCUT2D eigenvalue weighted by Crippen LogP contribution is 2.29. The quantitative estimate of drug-likeness (QED) is 0.818. The first-order chi connectivity index (χ1) is 9.56. The molecule has 5 nitrogen and oxygen atoms in total. The lowest BCUT2D eigenvalue weighted by Gasteiger charge is -2.24. The first-order valence-electron chi connectivity index (χ1n) is 5.94. The number of nitrogens with one attached hydrogen (secondary N) is 2. The number of rotatable bonds is 1. The summed E-state index contributed by atoms with van der Waals surface area (Å²) in [5, 5.41) is 0. The smallest absolute Gasteiger partial charge is 0.325 e. The van der Waals surface area contributed by atoms with Crippen molar-refractivity contribution in [2.24, 2.45) is 0 Å². The fraction of sp³-hybridized carbons (Fsp3) is 0.231. The second kappa shape index (κ2) is 4.68. The van der Waals surface area contributed by atoms with Gasteiger partial charge in [0.25, 0.3) is 5.56 Å². The van der Waals surface area contributed by atoms with Crippen LogP contribution in [0.4, 0.5) is 8.78 Å². The average molecular weight is 280 g/mol. The summed E-state index contributed by atoms with van der Waals surface area (Å²) in [4.78, 5) is 27.7. The molecular formula is C13H10F2N2O3. The summed E-state index contributed by atoms with van der Waals surface area (Å²) in [6.45, 7) is 0.249. The van der Waals surface area contributed by atoms with Crippen molar-refractivity contribution in [2.75, 3.05) is 6.61 Å². The van der Waals surface area contributed by atoms with Crippen LogP contribution in [0.25, 0.3) is 0 Å². The van der Waals surface area contributed by atoms with E-state index in [1.165, 1.54) is 6.07 Å². The molecule has 1 aliphatic rings. The van der Waals surface area contributed by atoms with E-state index in [2.05, 4.69) is 9.97 Å². The van der Waals surface area contributed by atoms with Crippen LogP contribution in [0, 0.1) is 11.6 Å². The van der Waals surface area contributed by atoms with Crippen LogP contribution in [0.15, 0.2) is 27.8 Å². The van der Waals surface area contributed by atoms with E-state index in [0.717, 1.165) is 12.1 Å². The van der Waals surface area contributed by atoms with E-state index in [1.54, 1.807) is 0 Å². The molecule has 20 heavy (non-hydrogen) atoms. The second-order valence-corrected chi connectivity index (χ2v) is 4.54. The number of halogens is 2. The predicted octanol–water partition coefficient (Wildman–Crippen LogP) is 1.00. The maximum atomic E-state index is 13.3. The number of aromatic nitrogens is 2. The van der Waals surface area contributed by atoms with E-state index in [-0.39, 0.29) is 13.2 Å². The van der Waals surface area contributed by atoms with Crippen LogP contribution in [0.2, 0.25) is 0 Å². The average Bonchev–Trinajstić information content (AvgIpc) is 2.41. The van der Waals surface area contributed by atoms with E-state index in [9.17, 15) is 18.4 Å². The van der Waals surface area contributed by atoms with Gasteiger partial charge in [-0.2, -0.15) is 0 Å². The minimum absolute atomic E-state index is 0.0711. The molecule has 1 aliphatic heterocycles. The monoisotopic (exact) mass is 280 g/mol. The zero-order valence-electron chi connectivity index (χ0n) is 10.2. The van der Waals surface area contributed by atoms with Crippen molar-refractivity contribution in [3.05, 3.63) is 67.5 Å². The maximum Gasteiger partial charge on any atom is 0.325 e. The fourth-order valence-corrected chi connectivity index (χ4v) is 2.32. The third kappa shape index (κ3) is 2.05. The van der Waals surface area contributed by atoms with Gasteiger partial charge in [0.2, 0.25) is 0 Å². The van der Waals surface area contributed by atoms with E-state index in [0.29, 0.717) is 16.8 Å². The molecule has 0 saturated heterocycles. The van der Waals surface area contributed by atoms with Crippen LogP contribution in [-0.4, -0.2) is 16.6 Å². The van der Waals surface area contributed by atoms with Crippen molar-refractivity contribution in [2.45, 2.75) is 12.5 Å². The maximum absolute atomic E-state index is 13.3. The number of H-pyrrole nitrogens is 2. The van der Waals surface area contributed by atoms with Crippen LogP contribution in [0.5, 0.6) is 0 Å². The van der Waals surface area contributed by atoms with Gasteiger partial charge in [-0.15, -0.1) is 0 Å². The van der Waals surface area contributed by atoms with Crippen molar-refractivity contribution in [3.8, 4) is 0 Å². The first kappa shape index (κ1) is 12.7. The van der Waals surface area contributed by atoms with Gasteiger partial charge in [0.1, 0.15) is 0 Å². The molecule has 0 saturated carbocycles. The summed E-state index contributed by atoms with van der Waals surface area (Å²) in [7, 11) is 0. The summed E-state index contributed by atoms with van der Waals surface area (Å²) >= 11 is 0. The normalized spacial score (nSPS) is 17.8. The molecular weight excluding hydrogens is 270 g/mol. The van der Waals surface area contributed by atoms with Gasteiger partial charge in [0.15, 0.2) is 11.6 Å². The molecule has 0 radical (unpaired) electrons. The second-order valence-electron chi connectivity index (χ2n) is 4.54. The molecule has 0 aliphatic carbocycles. The number of fused-ring (bicyclic) bond motifs is 1. The third-order valence-corrected chi connectivity index (χ3v) is 3.30. The highest BCUT2D eigenvalue weighted by Gasteiger charge is 2.26. The first-order valence-corrected chi connectivity index (χ1v) is 5.94. The van der Waals surface area contributed by atoms with E-state index >= 15 is 0 Å². The van der Waals surface area contributed by atoms with Gasteiger partial charge >= 0.3 is 5.69 Å². The van der Waals surface area contributed by atoms with Crippen LogP contribution >= 0.6 is 0 Å². The number of ether oxygens (including phenoxy) is 1. The molecule has 2 heterocycles. The topological polar surface area (TPSA) is 75.0 Å². The minimum atomic E-state index is -0.984. The van der Waals surface area contributed by atoms with Gasteiger partial charge < -0.3 is 9.72 Å². The highest BCUT2D eigenvalue weighted by molar-refractivity contribution is 5.34. The van der Waals surface area contributed by atoms with Gasteiger partial charge in [-0.05, 0) is 17.7 Å². The Balaban J connectivity index is 2.16. The van der Waals surface area contributed by atoms with Crippen molar-refractivity contribution in [1.82, 2.24) is 9.97 Å². The summed E-state index contributed by atoms with van der Waals surface area (Å²) < 4.78 is 31.6. The Morgan fingerprint density at radius 1 is 1.15 bits per heavy atom. The molecule has 0 spiro atoms. The molecule has 1 unspecified atom stereocenters. The molecule has 0 bridgehead atoms. The van der Waals surface area contributed by atoms with E-state index in [1.807, 2.05) is 0 Å². The lowest BCUT2D eigenvalue weighted by Crippen LogP contribution is -2.33. The van der Waals surface area contributed by atoms with Crippen molar-refractivity contribution < 1.29 is 13.5 Å². The van der Waals surface area contributed by atoms with Crippen LogP contribution in [0.1, 0.15) is 22.7 Å². The van der Waals surface area contributed by atoms with Gasteiger partial charge in [-0.1, -0.05) is 6.07 Å². The number of benzene rings is 1. The summed E-state index contributed by atoms with van der Waals surface area (Å²) in [6, 6.07) is 3.45. The van der Waals surface area contributed by atoms with Crippen LogP contribution in [-0.2, 0) is 11.3 Å². The van der Waals surface area contributed by atoms with E-state index in [4.69, 9.17) is 4.74 Å². The largest absolute Gasteiger partial charge is 0.375 e. The van der Waals surface area contributed by atoms with Gasteiger partial charge in [-0.25, -0.2) is 13.6 Å². The predicted molar refractivity (Wildman–Crippen MR) is 65.5 cm³/mol. The molecule has 0 fully saturated rings. The number of hydrogen-bond acceptors (Lipinski definition) is 3. The van der Waals surface area contributed by atoms with Gasteiger partial charge in [0, 0.05) is 11.6 Å². The molecule has 3 rings (SSSR count). The molecule has 7 heteroatoms. The Kier molecular flexibility index (Phi) is 2.98. The Hall–Kier alpha value is -2.28. The number of aromatic amines is 2. The van der Waals surface area contributed by atoms with Crippen LogP contribution < -0.4 is 11.2 Å². The van der Waals surface area contributed by atoms with Crippen LogP contribution in [0.3, 0.4) is 0 Å². The Bertz CT molecular complexity index is 782. The Morgan fingerprint density at radius 2 is 1.95 bits per heavy atom.